The van der Waals surface area contributed by atoms with Gasteiger partial charge in [0.2, 0.25) is 0 Å². The molecule has 3 rings (SSSR count). The van der Waals surface area contributed by atoms with Crippen LogP contribution in [-0.4, -0.2) is 50.8 Å². The molecule has 0 atom stereocenters. The van der Waals surface area contributed by atoms with Crippen LogP contribution in [0.25, 0.3) is 0 Å². The van der Waals surface area contributed by atoms with Crippen molar-refractivity contribution < 1.29 is 27.9 Å². The van der Waals surface area contributed by atoms with Crippen LogP contribution in [0, 0.1) is 5.82 Å². The molecule has 0 saturated carbocycles. The SMILES string of the molecule is Cn1cc(NC(=O)c2ccc(F)c(C(F)(F)C(=O)N3CCC(O)CC3)c2)cn1. The van der Waals surface area contributed by atoms with Gasteiger partial charge in [-0.2, -0.15) is 13.9 Å². The zero-order valence-corrected chi connectivity index (χ0v) is 15.0. The van der Waals surface area contributed by atoms with Crippen LogP contribution < -0.4 is 5.32 Å². The van der Waals surface area contributed by atoms with Crippen LogP contribution in [0.4, 0.5) is 18.9 Å². The Morgan fingerprint density at radius 3 is 2.57 bits per heavy atom. The van der Waals surface area contributed by atoms with Crippen molar-refractivity contribution >= 4 is 17.5 Å². The minimum atomic E-state index is -4.14. The van der Waals surface area contributed by atoms with E-state index in [-0.39, 0.29) is 31.5 Å². The summed E-state index contributed by atoms with van der Waals surface area (Å²) in [6, 6.07) is 2.47. The lowest BCUT2D eigenvalue weighted by molar-refractivity contribution is -0.161. The third kappa shape index (κ3) is 4.01. The zero-order chi connectivity index (χ0) is 20.5. The van der Waals surface area contributed by atoms with Crippen LogP contribution in [-0.2, 0) is 17.8 Å². The van der Waals surface area contributed by atoms with Crippen LogP contribution in [0.3, 0.4) is 0 Å². The second-order valence-corrected chi connectivity index (χ2v) is 6.65. The molecule has 1 aromatic heterocycles. The summed E-state index contributed by atoms with van der Waals surface area (Å²) in [5, 5.41) is 15.8. The van der Waals surface area contributed by atoms with Crippen molar-refractivity contribution in [1.29, 1.82) is 0 Å². The van der Waals surface area contributed by atoms with Gasteiger partial charge in [0.15, 0.2) is 0 Å². The van der Waals surface area contributed by atoms with Crippen LogP contribution in [0.1, 0.15) is 28.8 Å². The quantitative estimate of drug-likeness (QED) is 0.826. The molecule has 0 bridgehead atoms. The number of nitrogens with one attached hydrogen (secondary N) is 1. The molecule has 150 valence electrons. The van der Waals surface area contributed by atoms with E-state index >= 15 is 0 Å². The lowest BCUT2D eigenvalue weighted by Gasteiger charge is -2.32. The molecule has 2 amide bonds. The number of amides is 2. The average molecular weight is 396 g/mol. The van der Waals surface area contributed by atoms with Crippen molar-refractivity contribution in [3.8, 4) is 0 Å². The number of alkyl halides is 2. The van der Waals surface area contributed by atoms with Crippen LogP contribution in [0.2, 0.25) is 0 Å². The summed E-state index contributed by atoms with van der Waals surface area (Å²) < 4.78 is 45.0. The van der Waals surface area contributed by atoms with Crippen molar-refractivity contribution in [3.63, 3.8) is 0 Å². The Balaban J connectivity index is 1.83. The lowest BCUT2D eigenvalue weighted by atomic mass is 10.0. The molecule has 0 radical (unpaired) electrons. The van der Waals surface area contributed by atoms with E-state index in [0.29, 0.717) is 11.8 Å². The molecule has 1 fully saturated rings. The minimum absolute atomic E-state index is 0.0433. The summed E-state index contributed by atoms with van der Waals surface area (Å²) in [5.41, 5.74) is -1.04. The molecular weight excluding hydrogens is 377 g/mol. The largest absolute Gasteiger partial charge is 0.393 e. The number of aliphatic hydroxyl groups excluding tert-OH is 1. The molecule has 10 heteroatoms. The maximum absolute atomic E-state index is 14.7. The number of benzene rings is 1. The Morgan fingerprint density at radius 1 is 1.29 bits per heavy atom. The Labute approximate surface area is 158 Å². The number of rotatable bonds is 4. The third-order valence-electron chi connectivity index (χ3n) is 4.55. The Hall–Kier alpha value is -2.88. The number of carbonyl (C=O) groups excluding carboxylic acids is 2. The van der Waals surface area contributed by atoms with E-state index < -0.39 is 35.2 Å². The molecule has 1 saturated heterocycles. The van der Waals surface area contributed by atoms with Crippen molar-refractivity contribution in [3.05, 3.63) is 47.5 Å². The summed E-state index contributed by atoms with van der Waals surface area (Å²) in [4.78, 5) is 25.5. The van der Waals surface area contributed by atoms with E-state index in [9.17, 15) is 27.9 Å². The number of halogens is 3. The first-order chi connectivity index (χ1) is 13.2. The van der Waals surface area contributed by atoms with Crippen molar-refractivity contribution in [2.75, 3.05) is 18.4 Å². The van der Waals surface area contributed by atoms with Crippen molar-refractivity contribution in [1.82, 2.24) is 14.7 Å². The minimum Gasteiger partial charge on any atom is -0.393 e. The van der Waals surface area contributed by atoms with Crippen molar-refractivity contribution in [2.45, 2.75) is 24.9 Å². The molecule has 2 heterocycles. The molecule has 28 heavy (non-hydrogen) atoms. The highest BCUT2D eigenvalue weighted by Gasteiger charge is 2.46. The van der Waals surface area contributed by atoms with Crippen molar-refractivity contribution in [2.24, 2.45) is 7.05 Å². The number of likely N-dealkylation sites (tertiary alicyclic amines) is 1. The second-order valence-electron chi connectivity index (χ2n) is 6.65. The van der Waals surface area contributed by atoms with Gasteiger partial charge in [-0.05, 0) is 31.0 Å². The van der Waals surface area contributed by atoms with E-state index in [2.05, 4.69) is 10.4 Å². The molecule has 2 aromatic rings. The highest BCUT2D eigenvalue weighted by atomic mass is 19.3. The highest BCUT2D eigenvalue weighted by Crippen LogP contribution is 2.34. The standard InChI is InChI=1S/C18H19F3N4O3/c1-24-10-12(9-22-24)23-16(27)11-2-3-15(19)14(8-11)18(20,21)17(28)25-6-4-13(26)5-7-25/h2-3,8-10,13,26H,4-7H2,1H3,(H,23,27). The summed E-state index contributed by atoms with van der Waals surface area (Å²) in [6.07, 6.45) is 2.58. The predicted octanol–water partition coefficient (Wildman–Crippen LogP) is 1.89. The number of anilines is 1. The summed E-state index contributed by atoms with van der Waals surface area (Å²) in [7, 11) is 1.64. The van der Waals surface area contributed by atoms with Gasteiger partial charge >= 0.3 is 5.92 Å². The van der Waals surface area contributed by atoms with Gasteiger partial charge in [-0.3, -0.25) is 14.3 Å². The Bertz CT molecular complexity index is 892. The van der Waals surface area contributed by atoms with Gasteiger partial charge < -0.3 is 15.3 Å². The van der Waals surface area contributed by atoms with Crippen LogP contribution in [0.15, 0.2) is 30.6 Å². The first-order valence-corrected chi connectivity index (χ1v) is 8.63. The Morgan fingerprint density at radius 2 is 1.96 bits per heavy atom. The number of aryl methyl sites for hydroxylation is 1. The molecule has 1 aliphatic heterocycles. The Kier molecular flexibility index (Phi) is 5.41. The van der Waals surface area contributed by atoms with E-state index in [1.54, 1.807) is 7.05 Å². The van der Waals surface area contributed by atoms with Gasteiger partial charge in [-0.1, -0.05) is 0 Å². The van der Waals surface area contributed by atoms with Gasteiger partial charge in [0.25, 0.3) is 11.8 Å². The monoisotopic (exact) mass is 396 g/mol. The number of aromatic nitrogens is 2. The first kappa shape index (κ1) is 19.9. The van der Waals surface area contributed by atoms with E-state index in [0.717, 1.165) is 17.0 Å². The normalized spacial score (nSPS) is 15.5. The number of hydrogen-bond donors (Lipinski definition) is 2. The number of carbonyl (C=O) groups is 2. The number of hydrogen-bond acceptors (Lipinski definition) is 4. The molecule has 0 aliphatic carbocycles. The van der Waals surface area contributed by atoms with Crippen LogP contribution in [0.5, 0.6) is 0 Å². The van der Waals surface area contributed by atoms with E-state index in [4.69, 9.17) is 0 Å². The fraction of sp³-hybridized carbons (Fsp3) is 0.389. The topological polar surface area (TPSA) is 87.5 Å². The molecule has 0 unspecified atom stereocenters. The zero-order valence-electron chi connectivity index (χ0n) is 15.0. The van der Waals surface area contributed by atoms with Gasteiger partial charge in [0.1, 0.15) is 5.82 Å². The number of aliphatic hydroxyl groups is 1. The maximum Gasteiger partial charge on any atom is 0.352 e. The highest BCUT2D eigenvalue weighted by molar-refractivity contribution is 6.04. The smallest absolute Gasteiger partial charge is 0.352 e. The fourth-order valence-electron chi connectivity index (χ4n) is 2.98. The van der Waals surface area contributed by atoms with Gasteiger partial charge in [-0.15, -0.1) is 0 Å². The fourth-order valence-corrected chi connectivity index (χ4v) is 2.98. The maximum atomic E-state index is 14.7. The molecule has 2 N–H and O–H groups in total. The average Bonchev–Trinajstić information content (AvgIpc) is 3.06. The number of nitrogens with zero attached hydrogens (tertiary/aromatic N) is 3. The van der Waals surface area contributed by atoms with E-state index in [1.165, 1.54) is 17.1 Å². The summed E-state index contributed by atoms with van der Waals surface area (Å²) in [5.74, 6) is -7.72. The van der Waals surface area contributed by atoms with Gasteiger partial charge in [0, 0.05) is 31.9 Å². The lowest BCUT2D eigenvalue weighted by Crippen LogP contribution is -2.47. The second kappa shape index (κ2) is 7.63. The molecule has 1 aromatic carbocycles. The number of piperidine rings is 1. The predicted molar refractivity (Wildman–Crippen MR) is 93.3 cm³/mol. The van der Waals surface area contributed by atoms with Gasteiger partial charge in [0.05, 0.1) is 23.6 Å². The molecule has 7 nitrogen and oxygen atoms in total. The third-order valence-corrected chi connectivity index (χ3v) is 4.55. The van der Waals surface area contributed by atoms with Gasteiger partial charge in [-0.25, -0.2) is 4.39 Å². The van der Waals surface area contributed by atoms with Crippen LogP contribution >= 0.6 is 0 Å². The summed E-state index contributed by atoms with van der Waals surface area (Å²) in [6.45, 7) is -0.0865. The summed E-state index contributed by atoms with van der Waals surface area (Å²) >= 11 is 0. The van der Waals surface area contributed by atoms with E-state index in [1.807, 2.05) is 0 Å². The molecule has 0 spiro atoms. The molecular formula is C18H19F3N4O3. The molecule has 1 aliphatic rings. The first-order valence-electron chi connectivity index (χ1n) is 8.63.